The van der Waals surface area contributed by atoms with E-state index in [-0.39, 0.29) is 5.75 Å². The van der Waals surface area contributed by atoms with Gasteiger partial charge in [-0.05, 0) is 65.1 Å². The summed E-state index contributed by atoms with van der Waals surface area (Å²) in [6.07, 6.45) is 4.88. The van der Waals surface area contributed by atoms with Crippen molar-refractivity contribution in [3.05, 3.63) is 37.3 Å². The Morgan fingerprint density at radius 1 is 1.45 bits per heavy atom. The van der Waals surface area contributed by atoms with E-state index in [0.29, 0.717) is 14.9 Å². The van der Waals surface area contributed by atoms with Crippen molar-refractivity contribution in [1.29, 1.82) is 5.26 Å². The standard InChI is InChI=1S/C16H13IN2O2S/c1-21-13-6-9(5-12(17)15(13)20)8-19-16-11(7-18)10-3-2-4-14(10)22-16/h5-6,8,20H,2-4H2,1H3. The lowest BCUT2D eigenvalue weighted by Gasteiger charge is -2.06. The molecule has 1 aliphatic carbocycles. The molecule has 0 aliphatic heterocycles. The van der Waals surface area contributed by atoms with Crippen molar-refractivity contribution in [2.75, 3.05) is 7.11 Å². The number of hydrogen-bond acceptors (Lipinski definition) is 5. The maximum atomic E-state index is 9.85. The number of methoxy groups -OCH3 is 1. The number of fused-ring (bicyclic) bond motifs is 1. The highest BCUT2D eigenvalue weighted by Crippen LogP contribution is 2.40. The number of thiophene rings is 1. The van der Waals surface area contributed by atoms with Crippen molar-refractivity contribution >= 4 is 45.1 Å². The van der Waals surface area contributed by atoms with E-state index in [9.17, 15) is 10.4 Å². The van der Waals surface area contributed by atoms with E-state index in [1.807, 2.05) is 6.07 Å². The van der Waals surface area contributed by atoms with Crippen molar-refractivity contribution in [3.63, 3.8) is 0 Å². The normalized spacial score (nSPS) is 13.3. The Hall–Kier alpha value is -1.59. The van der Waals surface area contributed by atoms with Crippen LogP contribution in [0.25, 0.3) is 0 Å². The second-order valence-electron chi connectivity index (χ2n) is 4.96. The van der Waals surface area contributed by atoms with Crippen LogP contribution in [0.15, 0.2) is 17.1 Å². The van der Waals surface area contributed by atoms with Crippen LogP contribution in [0.4, 0.5) is 5.00 Å². The Balaban J connectivity index is 1.96. The maximum Gasteiger partial charge on any atom is 0.171 e. The van der Waals surface area contributed by atoms with E-state index < -0.39 is 0 Å². The van der Waals surface area contributed by atoms with Gasteiger partial charge in [0.15, 0.2) is 11.5 Å². The Bertz CT molecular complexity index is 805. The van der Waals surface area contributed by atoms with Crippen LogP contribution >= 0.6 is 33.9 Å². The molecule has 4 nitrogen and oxygen atoms in total. The van der Waals surface area contributed by atoms with E-state index >= 15 is 0 Å². The number of aromatic hydroxyl groups is 1. The number of benzene rings is 1. The topological polar surface area (TPSA) is 65.6 Å². The quantitative estimate of drug-likeness (QED) is 0.594. The van der Waals surface area contributed by atoms with Gasteiger partial charge in [-0.15, -0.1) is 11.3 Å². The molecular weight excluding hydrogens is 411 g/mol. The molecule has 3 rings (SSSR count). The molecule has 0 saturated heterocycles. The summed E-state index contributed by atoms with van der Waals surface area (Å²) in [7, 11) is 1.52. The number of nitriles is 1. The fourth-order valence-electron chi connectivity index (χ4n) is 2.55. The average Bonchev–Trinajstić information content (AvgIpc) is 3.08. The van der Waals surface area contributed by atoms with Crippen LogP contribution in [0.3, 0.4) is 0 Å². The molecule has 22 heavy (non-hydrogen) atoms. The number of hydrogen-bond donors (Lipinski definition) is 1. The summed E-state index contributed by atoms with van der Waals surface area (Å²) in [5.74, 6) is 0.551. The second-order valence-corrected chi connectivity index (χ2v) is 7.21. The zero-order chi connectivity index (χ0) is 15.7. The molecule has 1 aromatic heterocycles. The van der Waals surface area contributed by atoms with Gasteiger partial charge < -0.3 is 9.84 Å². The number of halogens is 1. The summed E-state index contributed by atoms with van der Waals surface area (Å²) in [6, 6.07) is 5.84. The molecule has 0 fully saturated rings. The van der Waals surface area contributed by atoms with E-state index in [1.54, 1.807) is 23.6 Å². The van der Waals surface area contributed by atoms with Crippen LogP contribution in [-0.4, -0.2) is 18.4 Å². The first-order valence-corrected chi connectivity index (χ1v) is 8.68. The lowest BCUT2D eigenvalue weighted by atomic mass is 10.1. The van der Waals surface area contributed by atoms with Crippen LogP contribution in [0.2, 0.25) is 0 Å². The van der Waals surface area contributed by atoms with Crippen molar-refractivity contribution in [3.8, 4) is 17.6 Å². The summed E-state index contributed by atoms with van der Waals surface area (Å²) in [5, 5.41) is 20.0. The zero-order valence-corrected chi connectivity index (χ0v) is 14.9. The number of rotatable bonds is 3. The number of phenolic OH excluding ortho intramolecular Hbond substituents is 1. The molecule has 0 atom stereocenters. The first kappa shape index (κ1) is 15.3. The third kappa shape index (κ3) is 2.71. The van der Waals surface area contributed by atoms with Gasteiger partial charge in [0.1, 0.15) is 11.1 Å². The zero-order valence-electron chi connectivity index (χ0n) is 11.9. The summed E-state index contributed by atoms with van der Waals surface area (Å²) in [5.41, 5.74) is 2.73. The van der Waals surface area contributed by atoms with Crippen molar-refractivity contribution in [1.82, 2.24) is 0 Å². The number of aliphatic imine (C=N–C) groups is 1. The predicted octanol–water partition coefficient (Wildman–Crippen LogP) is 4.18. The van der Waals surface area contributed by atoms with E-state index in [2.05, 4.69) is 33.7 Å². The number of ether oxygens (including phenoxy) is 1. The average molecular weight is 424 g/mol. The molecule has 0 unspecified atom stereocenters. The Morgan fingerprint density at radius 3 is 3.00 bits per heavy atom. The lowest BCUT2D eigenvalue weighted by Crippen LogP contribution is -1.90. The highest BCUT2D eigenvalue weighted by Gasteiger charge is 2.21. The Kier molecular flexibility index (Phi) is 4.36. The summed E-state index contributed by atoms with van der Waals surface area (Å²) in [4.78, 5) is 5.78. The minimum absolute atomic E-state index is 0.132. The van der Waals surface area contributed by atoms with Gasteiger partial charge in [-0.1, -0.05) is 0 Å². The van der Waals surface area contributed by atoms with Crippen molar-refractivity contribution < 1.29 is 9.84 Å². The Labute approximate surface area is 146 Å². The molecule has 0 saturated carbocycles. The SMILES string of the molecule is COc1cc(C=Nc2sc3c(c2C#N)CCC3)cc(I)c1O. The maximum absolute atomic E-state index is 9.85. The van der Waals surface area contributed by atoms with Gasteiger partial charge in [0.25, 0.3) is 0 Å². The van der Waals surface area contributed by atoms with Gasteiger partial charge in [0, 0.05) is 11.1 Å². The Morgan fingerprint density at radius 2 is 2.27 bits per heavy atom. The number of phenols is 1. The van der Waals surface area contributed by atoms with Crippen LogP contribution < -0.4 is 4.74 Å². The third-order valence-electron chi connectivity index (χ3n) is 3.62. The molecule has 0 spiro atoms. The summed E-state index contributed by atoms with van der Waals surface area (Å²) >= 11 is 3.66. The van der Waals surface area contributed by atoms with Gasteiger partial charge >= 0.3 is 0 Å². The molecule has 0 radical (unpaired) electrons. The number of nitrogens with zero attached hydrogens (tertiary/aromatic N) is 2. The molecule has 1 N–H and O–H groups in total. The van der Waals surface area contributed by atoms with E-state index in [0.717, 1.165) is 29.8 Å². The molecule has 1 aliphatic rings. The largest absolute Gasteiger partial charge is 0.504 e. The minimum atomic E-state index is 0.132. The molecule has 2 aromatic rings. The van der Waals surface area contributed by atoms with Crippen LogP contribution in [0.1, 0.15) is 28.0 Å². The van der Waals surface area contributed by atoms with Crippen molar-refractivity contribution in [2.24, 2.45) is 4.99 Å². The first-order valence-electron chi connectivity index (χ1n) is 6.79. The molecule has 0 amide bonds. The van der Waals surface area contributed by atoms with Crippen LogP contribution in [0.5, 0.6) is 11.5 Å². The van der Waals surface area contributed by atoms with E-state index in [1.165, 1.54) is 17.6 Å². The monoisotopic (exact) mass is 424 g/mol. The van der Waals surface area contributed by atoms with Crippen LogP contribution in [-0.2, 0) is 12.8 Å². The minimum Gasteiger partial charge on any atom is -0.504 e. The van der Waals surface area contributed by atoms with Gasteiger partial charge in [0.05, 0.1) is 16.2 Å². The van der Waals surface area contributed by atoms with E-state index in [4.69, 9.17) is 4.74 Å². The molecule has 1 aromatic carbocycles. The highest BCUT2D eigenvalue weighted by atomic mass is 127. The molecule has 1 heterocycles. The van der Waals surface area contributed by atoms with Gasteiger partial charge in [-0.25, -0.2) is 4.99 Å². The second kappa shape index (κ2) is 6.26. The molecular formula is C16H13IN2O2S. The summed E-state index contributed by atoms with van der Waals surface area (Å²) in [6.45, 7) is 0. The lowest BCUT2D eigenvalue weighted by molar-refractivity contribution is 0.371. The highest BCUT2D eigenvalue weighted by molar-refractivity contribution is 14.1. The molecule has 112 valence electrons. The number of aryl methyl sites for hydroxylation is 1. The summed E-state index contributed by atoms with van der Waals surface area (Å²) < 4.78 is 5.85. The third-order valence-corrected chi connectivity index (χ3v) is 5.64. The van der Waals surface area contributed by atoms with Crippen molar-refractivity contribution in [2.45, 2.75) is 19.3 Å². The fourth-order valence-corrected chi connectivity index (χ4v) is 4.36. The first-order chi connectivity index (χ1) is 10.6. The smallest absolute Gasteiger partial charge is 0.171 e. The van der Waals surface area contributed by atoms with Gasteiger partial charge in [-0.2, -0.15) is 5.26 Å². The molecule has 0 bridgehead atoms. The molecule has 6 heteroatoms. The van der Waals surface area contributed by atoms with Crippen LogP contribution in [0, 0.1) is 14.9 Å². The van der Waals surface area contributed by atoms with Gasteiger partial charge in [0.2, 0.25) is 0 Å². The van der Waals surface area contributed by atoms with Gasteiger partial charge in [-0.3, -0.25) is 0 Å². The fraction of sp³-hybridized carbons (Fsp3) is 0.250. The predicted molar refractivity (Wildman–Crippen MR) is 95.7 cm³/mol.